The highest BCUT2D eigenvalue weighted by atomic mass is 35.5. The van der Waals surface area contributed by atoms with Crippen LogP contribution in [0.5, 0.6) is 23.0 Å². The fourth-order valence-electron chi connectivity index (χ4n) is 4.84. The van der Waals surface area contributed by atoms with Crippen molar-refractivity contribution in [3.8, 4) is 23.0 Å². The summed E-state index contributed by atoms with van der Waals surface area (Å²) in [7, 11) is 4.89. The first kappa shape index (κ1) is 22.3. The van der Waals surface area contributed by atoms with Crippen LogP contribution in [0.25, 0.3) is 5.70 Å². The van der Waals surface area contributed by atoms with Gasteiger partial charge in [0.2, 0.25) is 5.95 Å². The molecule has 182 valence electrons. The largest absolute Gasteiger partial charge is 0.497 e. The third kappa shape index (κ3) is 3.53. The number of nitrogens with zero attached hydrogens (tertiary/aromatic N) is 3. The predicted octanol–water partition coefficient (Wildman–Crippen LogP) is 5.52. The van der Waals surface area contributed by atoms with Crippen molar-refractivity contribution >= 4 is 23.2 Å². The van der Waals surface area contributed by atoms with Crippen molar-refractivity contribution in [2.75, 3.05) is 26.6 Å². The van der Waals surface area contributed by atoms with E-state index in [-0.39, 0.29) is 6.04 Å². The highest BCUT2D eigenvalue weighted by Gasteiger charge is 2.41. The van der Waals surface area contributed by atoms with E-state index in [0.29, 0.717) is 28.2 Å². The van der Waals surface area contributed by atoms with Crippen LogP contribution >= 0.6 is 11.6 Å². The molecule has 2 aliphatic rings. The number of aromatic nitrogens is 3. The predicted molar refractivity (Wildman–Crippen MR) is 136 cm³/mol. The Hall–Kier alpha value is -4.17. The van der Waals surface area contributed by atoms with Gasteiger partial charge in [0.15, 0.2) is 11.5 Å². The van der Waals surface area contributed by atoms with Crippen LogP contribution in [-0.2, 0) is 0 Å². The Morgan fingerprint density at radius 1 is 0.889 bits per heavy atom. The third-order valence-electron chi connectivity index (χ3n) is 6.52. The SMILES string of the molecule is COc1ccc([C@H]2C3=C(Nc4ncnn42)c2cc(Cl)ccc2O[C@@H]3c2ccc(OC)c(OC)c2)cc1. The number of rotatable bonds is 5. The second-order valence-corrected chi connectivity index (χ2v) is 8.85. The first-order valence-electron chi connectivity index (χ1n) is 11.3. The summed E-state index contributed by atoms with van der Waals surface area (Å²) >= 11 is 6.42. The Morgan fingerprint density at radius 3 is 2.42 bits per heavy atom. The Labute approximate surface area is 213 Å². The van der Waals surface area contributed by atoms with Crippen molar-refractivity contribution in [1.29, 1.82) is 0 Å². The van der Waals surface area contributed by atoms with Gasteiger partial charge in [0, 0.05) is 21.7 Å². The Kier molecular flexibility index (Phi) is 5.45. The van der Waals surface area contributed by atoms with Crippen molar-refractivity contribution < 1.29 is 18.9 Å². The fourth-order valence-corrected chi connectivity index (χ4v) is 5.01. The lowest BCUT2D eigenvalue weighted by Crippen LogP contribution is -2.32. The second kappa shape index (κ2) is 8.80. The molecule has 0 unspecified atom stereocenters. The van der Waals surface area contributed by atoms with E-state index in [1.54, 1.807) is 27.7 Å². The molecule has 36 heavy (non-hydrogen) atoms. The van der Waals surface area contributed by atoms with Gasteiger partial charge in [-0.15, -0.1) is 0 Å². The van der Waals surface area contributed by atoms with Gasteiger partial charge in [0.05, 0.1) is 27.0 Å². The van der Waals surface area contributed by atoms with E-state index in [0.717, 1.165) is 33.7 Å². The molecule has 1 N–H and O–H groups in total. The van der Waals surface area contributed by atoms with Crippen molar-refractivity contribution in [2.24, 2.45) is 0 Å². The van der Waals surface area contributed by atoms with Crippen LogP contribution in [0, 0.1) is 0 Å². The number of anilines is 1. The molecule has 3 heterocycles. The van der Waals surface area contributed by atoms with Gasteiger partial charge in [-0.05, 0) is 48.0 Å². The van der Waals surface area contributed by atoms with Crippen molar-refractivity contribution in [1.82, 2.24) is 14.8 Å². The molecule has 2 aliphatic heterocycles. The van der Waals surface area contributed by atoms with Crippen LogP contribution in [0.1, 0.15) is 28.8 Å². The summed E-state index contributed by atoms with van der Waals surface area (Å²) in [5.41, 5.74) is 4.64. The van der Waals surface area contributed by atoms with E-state index in [9.17, 15) is 0 Å². The van der Waals surface area contributed by atoms with Crippen LogP contribution in [0.2, 0.25) is 5.02 Å². The number of methoxy groups -OCH3 is 3. The van der Waals surface area contributed by atoms with Gasteiger partial charge in [0.1, 0.15) is 30.0 Å². The number of hydrogen-bond donors (Lipinski definition) is 1. The van der Waals surface area contributed by atoms with Crippen molar-refractivity contribution in [3.63, 3.8) is 0 Å². The monoisotopic (exact) mass is 502 g/mol. The molecule has 0 spiro atoms. The fraction of sp³-hybridized carbons (Fsp3) is 0.185. The summed E-state index contributed by atoms with van der Waals surface area (Å²) in [6, 6.07) is 19.1. The Bertz CT molecular complexity index is 1480. The molecule has 8 nitrogen and oxygen atoms in total. The molecule has 0 saturated carbocycles. The minimum atomic E-state index is -0.453. The maximum absolute atomic E-state index is 6.66. The Morgan fingerprint density at radius 2 is 1.67 bits per heavy atom. The van der Waals surface area contributed by atoms with Crippen LogP contribution in [-0.4, -0.2) is 36.1 Å². The number of benzene rings is 3. The van der Waals surface area contributed by atoms with Gasteiger partial charge < -0.3 is 24.3 Å². The van der Waals surface area contributed by atoms with E-state index in [2.05, 4.69) is 15.4 Å². The Balaban J connectivity index is 1.60. The summed E-state index contributed by atoms with van der Waals surface area (Å²) in [5, 5.41) is 8.66. The molecule has 0 bridgehead atoms. The summed E-state index contributed by atoms with van der Waals surface area (Å²) in [5.74, 6) is 3.38. The number of fused-ring (bicyclic) bond motifs is 3. The number of hydrogen-bond acceptors (Lipinski definition) is 7. The summed E-state index contributed by atoms with van der Waals surface area (Å²) in [4.78, 5) is 4.47. The molecule has 2 atom stereocenters. The smallest absolute Gasteiger partial charge is 0.226 e. The molecule has 0 saturated heterocycles. The second-order valence-electron chi connectivity index (χ2n) is 8.41. The van der Waals surface area contributed by atoms with E-state index in [4.69, 9.17) is 30.5 Å². The van der Waals surface area contributed by atoms with Crippen molar-refractivity contribution in [2.45, 2.75) is 12.1 Å². The molecule has 4 aromatic rings. The molecule has 0 aliphatic carbocycles. The summed E-state index contributed by atoms with van der Waals surface area (Å²) in [6.07, 6.45) is 1.09. The van der Waals surface area contributed by atoms with E-state index >= 15 is 0 Å². The molecule has 0 fully saturated rings. The van der Waals surface area contributed by atoms with Gasteiger partial charge in [-0.25, -0.2) is 4.68 Å². The first-order valence-corrected chi connectivity index (χ1v) is 11.7. The highest BCUT2D eigenvalue weighted by Crippen LogP contribution is 2.51. The average Bonchev–Trinajstić information content (AvgIpc) is 3.39. The van der Waals surface area contributed by atoms with Gasteiger partial charge >= 0.3 is 0 Å². The van der Waals surface area contributed by atoms with Crippen molar-refractivity contribution in [3.05, 3.63) is 94.3 Å². The minimum absolute atomic E-state index is 0.296. The van der Waals surface area contributed by atoms with Crippen LogP contribution < -0.4 is 24.3 Å². The molecular weight excluding hydrogens is 480 g/mol. The van der Waals surface area contributed by atoms with E-state index in [1.807, 2.05) is 65.3 Å². The molecule has 9 heteroatoms. The zero-order valence-corrected chi connectivity index (χ0v) is 20.6. The van der Waals surface area contributed by atoms with E-state index in [1.165, 1.54) is 0 Å². The topological polar surface area (TPSA) is 79.7 Å². The maximum Gasteiger partial charge on any atom is 0.226 e. The number of nitrogens with one attached hydrogen (secondary N) is 1. The quantitative estimate of drug-likeness (QED) is 0.385. The van der Waals surface area contributed by atoms with Crippen LogP contribution in [0.4, 0.5) is 5.95 Å². The zero-order chi connectivity index (χ0) is 24.8. The minimum Gasteiger partial charge on any atom is -0.497 e. The lowest BCUT2D eigenvalue weighted by Gasteiger charge is -2.39. The number of ether oxygens (including phenoxy) is 4. The molecule has 0 amide bonds. The average molecular weight is 503 g/mol. The summed E-state index contributed by atoms with van der Waals surface area (Å²) < 4.78 is 25.0. The van der Waals surface area contributed by atoms with Gasteiger partial charge in [-0.2, -0.15) is 10.1 Å². The van der Waals surface area contributed by atoms with E-state index < -0.39 is 6.10 Å². The maximum atomic E-state index is 6.66. The standard InChI is InChI=1S/C27H23ClN4O4/c1-33-18-8-4-15(5-9-18)25-23-24(31-27-29-14-30-32(25)27)19-13-17(28)7-11-20(19)36-26(23)16-6-10-21(34-2)22(12-16)35-3/h4-14,25-26H,1-3H3,(H,29,30,31)/t25-,26+/m0/s1. The normalized spacial score (nSPS) is 17.8. The third-order valence-corrected chi connectivity index (χ3v) is 6.75. The molecular formula is C27H23ClN4O4. The van der Waals surface area contributed by atoms with Gasteiger partial charge in [-0.3, -0.25) is 0 Å². The summed E-state index contributed by atoms with van der Waals surface area (Å²) in [6.45, 7) is 0. The molecule has 0 radical (unpaired) electrons. The lowest BCUT2D eigenvalue weighted by molar-refractivity contribution is 0.222. The molecule has 6 rings (SSSR count). The number of halogens is 1. The zero-order valence-electron chi connectivity index (χ0n) is 19.9. The van der Waals surface area contributed by atoms with Crippen LogP contribution in [0.3, 0.4) is 0 Å². The van der Waals surface area contributed by atoms with Gasteiger partial charge in [-0.1, -0.05) is 29.8 Å². The van der Waals surface area contributed by atoms with Crippen LogP contribution in [0.15, 0.2) is 72.6 Å². The van der Waals surface area contributed by atoms with Gasteiger partial charge in [0.25, 0.3) is 0 Å². The lowest BCUT2D eigenvalue weighted by atomic mass is 9.84. The molecule has 1 aromatic heterocycles. The molecule has 3 aromatic carbocycles. The first-order chi connectivity index (χ1) is 17.6. The highest BCUT2D eigenvalue weighted by molar-refractivity contribution is 6.30.